The van der Waals surface area contributed by atoms with Crippen LogP contribution in [0, 0.1) is 11.3 Å². The molecule has 0 aliphatic rings. The lowest BCUT2D eigenvalue weighted by atomic mass is 10.00. The van der Waals surface area contributed by atoms with Crippen LogP contribution in [0.2, 0.25) is 5.02 Å². The van der Waals surface area contributed by atoms with E-state index in [4.69, 9.17) is 21.6 Å². The van der Waals surface area contributed by atoms with E-state index < -0.39 is 6.10 Å². The van der Waals surface area contributed by atoms with Gasteiger partial charge in [0, 0.05) is 0 Å². The molecule has 0 aromatic heterocycles. The van der Waals surface area contributed by atoms with Gasteiger partial charge in [-0.05, 0) is 35.4 Å². The van der Waals surface area contributed by atoms with E-state index in [-0.39, 0.29) is 0 Å². The molecule has 0 aliphatic carbocycles. The van der Waals surface area contributed by atoms with Crippen molar-refractivity contribution in [3.63, 3.8) is 0 Å². The average Bonchev–Trinajstić information content (AvgIpc) is 2.47. The molecule has 2 rings (SSSR count). The average molecular weight is 274 g/mol. The third kappa shape index (κ3) is 2.87. The van der Waals surface area contributed by atoms with Gasteiger partial charge < -0.3 is 9.84 Å². The predicted molar refractivity (Wildman–Crippen MR) is 73.2 cm³/mol. The van der Waals surface area contributed by atoms with Gasteiger partial charge in [0.25, 0.3) is 0 Å². The number of nitrogens with zero attached hydrogens (tertiary/aromatic N) is 1. The van der Waals surface area contributed by atoms with Crippen LogP contribution >= 0.6 is 11.6 Å². The highest BCUT2D eigenvalue weighted by Crippen LogP contribution is 2.30. The van der Waals surface area contributed by atoms with E-state index in [1.165, 1.54) is 7.11 Å². The fourth-order valence-corrected chi connectivity index (χ4v) is 2.01. The van der Waals surface area contributed by atoms with Gasteiger partial charge in [-0.25, -0.2) is 0 Å². The normalized spacial score (nSPS) is 11.7. The molecule has 0 radical (unpaired) electrons. The quantitative estimate of drug-likeness (QED) is 0.933. The molecule has 0 saturated heterocycles. The zero-order valence-electron chi connectivity index (χ0n) is 10.3. The van der Waals surface area contributed by atoms with Crippen molar-refractivity contribution in [2.24, 2.45) is 0 Å². The van der Waals surface area contributed by atoms with Crippen LogP contribution in [0.5, 0.6) is 5.75 Å². The summed E-state index contributed by atoms with van der Waals surface area (Å²) in [4.78, 5) is 0. The largest absolute Gasteiger partial charge is 0.495 e. The van der Waals surface area contributed by atoms with Gasteiger partial charge in [-0.3, -0.25) is 0 Å². The lowest BCUT2D eigenvalue weighted by Gasteiger charge is -2.13. The number of methoxy groups -OCH3 is 1. The molecule has 96 valence electrons. The second-order valence-corrected chi connectivity index (χ2v) is 4.44. The Hall–Kier alpha value is -2.02. The number of nitriles is 1. The summed E-state index contributed by atoms with van der Waals surface area (Å²) in [6.45, 7) is 0. The SMILES string of the molecule is COc1cc(C(O)c2cccc(C#N)c2)ccc1Cl. The Morgan fingerprint density at radius 1 is 1.21 bits per heavy atom. The number of benzene rings is 2. The van der Waals surface area contributed by atoms with Gasteiger partial charge in [-0.1, -0.05) is 29.8 Å². The third-order valence-electron chi connectivity index (χ3n) is 2.82. The molecular formula is C15H12ClNO2. The van der Waals surface area contributed by atoms with E-state index >= 15 is 0 Å². The van der Waals surface area contributed by atoms with Crippen molar-refractivity contribution in [3.8, 4) is 11.8 Å². The fraction of sp³-hybridized carbons (Fsp3) is 0.133. The van der Waals surface area contributed by atoms with Crippen molar-refractivity contribution in [2.75, 3.05) is 7.11 Å². The second-order valence-electron chi connectivity index (χ2n) is 4.03. The Morgan fingerprint density at radius 2 is 1.95 bits per heavy atom. The van der Waals surface area contributed by atoms with Crippen molar-refractivity contribution in [1.29, 1.82) is 5.26 Å². The Balaban J connectivity index is 2.38. The van der Waals surface area contributed by atoms with Gasteiger partial charge in [0.05, 0.1) is 23.8 Å². The number of hydrogen-bond acceptors (Lipinski definition) is 3. The second kappa shape index (κ2) is 5.75. The number of hydrogen-bond donors (Lipinski definition) is 1. The summed E-state index contributed by atoms with van der Waals surface area (Å²) in [5.74, 6) is 0.509. The van der Waals surface area contributed by atoms with Crippen molar-refractivity contribution in [2.45, 2.75) is 6.10 Å². The Morgan fingerprint density at radius 3 is 2.63 bits per heavy atom. The molecule has 1 unspecified atom stereocenters. The van der Waals surface area contributed by atoms with E-state index in [1.54, 1.807) is 42.5 Å². The Kier molecular flexibility index (Phi) is 4.06. The minimum atomic E-state index is -0.820. The predicted octanol–water partition coefficient (Wildman–Crippen LogP) is 3.30. The Labute approximate surface area is 116 Å². The van der Waals surface area contributed by atoms with Crippen molar-refractivity contribution in [3.05, 3.63) is 64.2 Å². The van der Waals surface area contributed by atoms with Gasteiger partial charge in [-0.2, -0.15) is 5.26 Å². The highest BCUT2D eigenvalue weighted by atomic mass is 35.5. The standard InChI is InChI=1S/C15H12ClNO2/c1-19-14-8-12(5-6-13(14)16)15(18)11-4-2-3-10(7-11)9-17/h2-8,15,18H,1H3. The number of halogens is 1. The lowest BCUT2D eigenvalue weighted by molar-refractivity contribution is 0.220. The maximum absolute atomic E-state index is 10.3. The van der Waals surface area contributed by atoms with Crippen LogP contribution in [0.15, 0.2) is 42.5 Å². The molecule has 0 spiro atoms. The first-order valence-corrected chi connectivity index (χ1v) is 6.05. The van der Waals surface area contributed by atoms with Crippen molar-refractivity contribution < 1.29 is 9.84 Å². The van der Waals surface area contributed by atoms with Gasteiger partial charge in [0.15, 0.2) is 0 Å². The number of aliphatic hydroxyl groups excluding tert-OH is 1. The third-order valence-corrected chi connectivity index (χ3v) is 3.13. The zero-order valence-corrected chi connectivity index (χ0v) is 11.1. The summed E-state index contributed by atoms with van der Waals surface area (Å²) < 4.78 is 5.12. The molecule has 0 heterocycles. The molecule has 1 atom stereocenters. The van der Waals surface area contributed by atoms with Crippen molar-refractivity contribution >= 4 is 11.6 Å². The zero-order chi connectivity index (χ0) is 13.8. The number of aliphatic hydroxyl groups is 1. The molecule has 3 nitrogen and oxygen atoms in total. The molecule has 4 heteroatoms. The maximum Gasteiger partial charge on any atom is 0.137 e. The first-order chi connectivity index (χ1) is 9.15. The van der Waals surface area contributed by atoms with Crippen LogP contribution in [-0.2, 0) is 0 Å². The highest BCUT2D eigenvalue weighted by Gasteiger charge is 2.13. The van der Waals surface area contributed by atoms with Gasteiger partial charge in [0.2, 0.25) is 0 Å². The maximum atomic E-state index is 10.3. The number of ether oxygens (including phenoxy) is 1. The smallest absolute Gasteiger partial charge is 0.137 e. The molecule has 0 fully saturated rings. The van der Waals surface area contributed by atoms with Crippen LogP contribution in [-0.4, -0.2) is 12.2 Å². The van der Waals surface area contributed by atoms with Crippen LogP contribution in [0.1, 0.15) is 22.8 Å². The number of rotatable bonds is 3. The van der Waals surface area contributed by atoms with E-state index in [0.29, 0.717) is 27.5 Å². The van der Waals surface area contributed by atoms with Crippen LogP contribution < -0.4 is 4.74 Å². The summed E-state index contributed by atoms with van der Waals surface area (Å²) in [6, 6.07) is 14.0. The summed E-state index contributed by atoms with van der Waals surface area (Å²) in [5, 5.41) is 19.7. The molecule has 1 N–H and O–H groups in total. The summed E-state index contributed by atoms with van der Waals surface area (Å²) >= 11 is 5.95. The van der Waals surface area contributed by atoms with Crippen molar-refractivity contribution in [1.82, 2.24) is 0 Å². The van der Waals surface area contributed by atoms with Gasteiger partial charge in [-0.15, -0.1) is 0 Å². The first-order valence-electron chi connectivity index (χ1n) is 5.67. The van der Waals surface area contributed by atoms with E-state index in [9.17, 15) is 5.11 Å². The van der Waals surface area contributed by atoms with E-state index in [1.807, 2.05) is 6.07 Å². The molecule has 2 aromatic carbocycles. The minimum absolute atomic E-state index is 0.490. The molecule has 0 aliphatic heterocycles. The van der Waals surface area contributed by atoms with Crippen LogP contribution in [0.4, 0.5) is 0 Å². The summed E-state index contributed by atoms with van der Waals surface area (Å²) in [5.41, 5.74) is 1.83. The van der Waals surface area contributed by atoms with Crippen LogP contribution in [0.3, 0.4) is 0 Å². The fourth-order valence-electron chi connectivity index (χ4n) is 1.82. The monoisotopic (exact) mass is 273 g/mol. The minimum Gasteiger partial charge on any atom is -0.495 e. The molecule has 19 heavy (non-hydrogen) atoms. The molecule has 0 bridgehead atoms. The summed E-state index contributed by atoms with van der Waals surface area (Å²) in [6.07, 6.45) is -0.820. The molecular weight excluding hydrogens is 262 g/mol. The highest BCUT2D eigenvalue weighted by molar-refractivity contribution is 6.32. The Bertz CT molecular complexity index is 634. The lowest BCUT2D eigenvalue weighted by Crippen LogP contribution is -2.00. The molecule has 0 saturated carbocycles. The van der Waals surface area contributed by atoms with Crippen LogP contribution in [0.25, 0.3) is 0 Å². The van der Waals surface area contributed by atoms with Gasteiger partial charge in [0.1, 0.15) is 11.9 Å². The van der Waals surface area contributed by atoms with E-state index in [2.05, 4.69) is 0 Å². The first kappa shape index (κ1) is 13.4. The van der Waals surface area contributed by atoms with Gasteiger partial charge >= 0.3 is 0 Å². The topological polar surface area (TPSA) is 53.2 Å². The molecule has 0 amide bonds. The molecule has 2 aromatic rings. The van der Waals surface area contributed by atoms with E-state index in [0.717, 1.165) is 0 Å². The summed E-state index contributed by atoms with van der Waals surface area (Å²) in [7, 11) is 1.52.